The van der Waals surface area contributed by atoms with Crippen LogP contribution in [0.25, 0.3) is 0 Å². The molecule has 0 saturated carbocycles. The molecule has 20 nitrogen and oxygen atoms in total. The van der Waals surface area contributed by atoms with Crippen molar-refractivity contribution in [1.29, 1.82) is 0 Å². The SMILES string of the molecule is CCOC(C(=O)O)c1ccc(N)cc1.CCOC(C(=O)O)c1cccc(N)c1.COC(C(=O)O)c1ccc(N)cc1.COC(Cc1ccc(N)cc1)C(=O)O.Nc1cccc(CC(O)C(=O)O)c1. The van der Waals surface area contributed by atoms with Gasteiger partial charge in [0, 0.05) is 68.7 Å². The molecule has 0 aliphatic carbocycles. The second-order valence-electron chi connectivity index (χ2n) is 14.1. The normalized spacial score (nSPS) is 12.4. The summed E-state index contributed by atoms with van der Waals surface area (Å²) in [4.78, 5) is 53.3. The van der Waals surface area contributed by atoms with Gasteiger partial charge in [-0.05, 0) is 102 Å². The highest BCUT2D eigenvalue weighted by Gasteiger charge is 2.21. The van der Waals surface area contributed by atoms with E-state index in [0.717, 1.165) is 11.1 Å². The van der Waals surface area contributed by atoms with Gasteiger partial charge >= 0.3 is 29.8 Å². The second-order valence-corrected chi connectivity index (χ2v) is 14.1. The molecule has 5 unspecified atom stereocenters. The molecule has 68 heavy (non-hydrogen) atoms. The third-order valence-corrected chi connectivity index (χ3v) is 8.89. The highest BCUT2D eigenvalue weighted by atomic mass is 16.5. The maximum absolute atomic E-state index is 10.8. The van der Waals surface area contributed by atoms with Crippen molar-refractivity contribution in [2.24, 2.45) is 0 Å². The molecule has 0 aliphatic heterocycles. The summed E-state index contributed by atoms with van der Waals surface area (Å²) < 4.78 is 19.8. The Morgan fingerprint density at radius 3 is 1.22 bits per heavy atom. The zero-order valence-corrected chi connectivity index (χ0v) is 38.0. The number of rotatable bonds is 18. The molecule has 16 N–H and O–H groups in total. The van der Waals surface area contributed by atoms with Gasteiger partial charge in [-0.25, -0.2) is 24.0 Å². The third-order valence-electron chi connectivity index (χ3n) is 8.89. The molecule has 0 amide bonds. The Morgan fingerprint density at radius 2 is 0.853 bits per heavy atom. The van der Waals surface area contributed by atoms with Crippen LogP contribution in [0.1, 0.15) is 60.0 Å². The maximum atomic E-state index is 10.8. The minimum atomic E-state index is -1.36. The maximum Gasteiger partial charge on any atom is 0.337 e. The van der Waals surface area contributed by atoms with E-state index < -0.39 is 60.4 Å². The predicted octanol–water partition coefficient (Wildman–Crippen LogP) is 5.07. The first-order valence-corrected chi connectivity index (χ1v) is 20.5. The number of aliphatic hydroxyl groups excluding tert-OH is 1. The fraction of sp³-hybridized carbons (Fsp3) is 0.271. The zero-order chi connectivity index (χ0) is 51.3. The Bertz CT molecular complexity index is 2300. The number of ether oxygens (including phenoxy) is 4. The smallest absolute Gasteiger partial charge is 0.337 e. The number of aliphatic carboxylic acids is 5. The fourth-order valence-electron chi connectivity index (χ4n) is 5.57. The quantitative estimate of drug-likeness (QED) is 0.0511. The predicted molar refractivity (Wildman–Crippen MR) is 255 cm³/mol. The number of carbonyl (C=O) groups is 5. The van der Waals surface area contributed by atoms with Crippen molar-refractivity contribution < 1.29 is 73.6 Å². The van der Waals surface area contributed by atoms with E-state index in [0.29, 0.717) is 64.8 Å². The summed E-state index contributed by atoms with van der Waals surface area (Å²) in [5, 5.41) is 52.7. The van der Waals surface area contributed by atoms with Gasteiger partial charge in [-0.15, -0.1) is 0 Å². The van der Waals surface area contributed by atoms with Crippen molar-refractivity contribution in [2.45, 2.75) is 57.2 Å². The van der Waals surface area contributed by atoms with Gasteiger partial charge in [0.25, 0.3) is 0 Å². The lowest BCUT2D eigenvalue weighted by Gasteiger charge is -2.12. The first kappa shape index (κ1) is 58.3. The van der Waals surface area contributed by atoms with Crippen molar-refractivity contribution in [3.05, 3.63) is 149 Å². The van der Waals surface area contributed by atoms with E-state index in [2.05, 4.69) is 0 Å². The van der Waals surface area contributed by atoms with Crippen LogP contribution in [0.5, 0.6) is 0 Å². The summed E-state index contributed by atoms with van der Waals surface area (Å²) >= 11 is 0. The summed E-state index contributed by atoms with van der Waals surface area (Å²) in [5.41, 5.74) is 33.8. The summed E-state index contributed by atoms with van der Waals surface area (Å²) in [6.07, 6.45) is -4.46. The molecule has 0 aromatic heterocycles. The van der Waals surface area contributed by atoms with E-state index in [9.17, 15) is 24.0 Å². The number of carboxylic acid groups (broad SMARTS) is 5. The van der Waals surface area contributed by atoms with Crippen LogP contribution in [0.15, 0.2) is 121 Å². The highest BCUT2D eigenvalue weighted by Crippen LogP contribution is 2.21. The number of hydrogen-bond donors (Lipinski definition) is 11. The molecular weight excluding hydrogens is 887 g/mol. The van der Waals surface area contributed by atoms with Crippen LogP contribution in [-0.2, 0) is 55.8 Å². The zero-order valence-electron chi connectivity index (χ0n) is 38.0. The van der Waals surface area contributed by atoms with Gasteiger partial charge in [-0.3, -0.25) is 0 Å². The lowest BCUT2D eigenvalue weighted by atomic mass is 10.1. The molecule has 0 saturated heterocycles. The molecule has 0 bridgehead atoms. The van der Waals surface area contributed by atoms with E-state index in [-0.39, 0.29) is 6.42 Å². The van der Waals surface area contributed by atoms with Gasteiger partial charge < -0.3 is 78.3 Å². The van der Waals surface area contributed by atoms with Crippen LogP contribution in [0.4, 0.5) is 28.4 Å². The summed E-state index contributed by atoms with van der Waals surface area (Å²) in [6.45, 7) is 4.22. The minimum absolute atomic E-state index is 0.0837. The number of anilines is 5. The standard InChI is InChI=1S/3C10H13NO3.2C9H11NO3/c1-14-9(10(12)13)6-7-2-4-8(11)5-3-7;1-2-14-9(10(12)13)7-3-5-8(11)6-4-7;1-2-14-9(10(12)13)7-4-3-5-8(11)6-7;1-13-8(9(11)12)6-2-4-7(10)5-3-6;10-7-3-1-2-6(4-7)5-8(11)9(12)13/h2-5,9H,6,11H2,1H3,(H,12,13);2*3-6,9H,2,11H2,1H3,(H,12,13);2-5,8H,10H2,1H3,(H,11,12);1-4,8,11H,5,10H2,(H,12,13). The number of carboxylic acids is 5. The molecule has 5 aromatic carbocycles. The van der Waals surface area contributed by atoms with Crippen molar-refractivity contribution in [2.75, 3.05) is 56.1 Å². The number of nitrogen functional groups attached to an aromatic ring is 5. The number of hydrogen-bond acceptors (Lipinski definition) is 15. The Labute approximate surface area is 393 Å². The van der Waals surface area contributed by atoms with Gasteiger partial charge in [-0.1, -0.05) is 60.7 Å². The first-order valence-electron chi connectivity index (χ1n) is 20.5. The summed E-state index contributed by atoms with van der Waals surface area (Å²) in [5.74, 6) is -5.17. The average molecular weight is 948 g/mol. The highest BCUT2D eigenvalue weighted by molar-refractivity contribution is 5.76. The van der Waals surface area contributed by atoms with Crippen molar-refractivity contribution in [3.8, 4) is 0 Å². The molecule has 0 radical (unpaired) electrons. The van der Waals surface area contributed by atoms with E-state index in [4.69, 9.17) is 78.3 Å². The average Bonchev–Trinajstić information content (AvgIpc) is 3.29. The van der Waals surface area contributed by atoms with Crippen molar-refractivity contribution in [3.63, 3.8) is 0 Å². The molecule has 0 spiro atoms. The lowest BCUT2D eigenvalue weighted by molar-refractivity contribution is -0.151. The molecule has 20 heteroatoms. The van der Waals surface area contributed by atoms with Crippen LogP contribution in [-0.4, -0.2) is 100 Å². The van der Waals surface area contributed by atoms with Gasteiger partial charge in [0.1, 0.15) is 0 Å². The summed E-state index contributed by atoms with van der Waals surface area (Å²) in [6, 6.07) is 33.8. The summed E-state index contributed by atoms with van der Waals surface area (Å²) in [7, 11) is 2.74. The third kappa shape index (κ3) is 22.4. The number of benzene rings is 5. The number of aliphatic hydroxyl groups is 1. The van der Waals surface area contributed by atoms with E-state index in [1.54, 1.807) is 135 Å². The molecule has 5 aromatic rings. The van der Waals surface area contributed by atoms with Gasteiger partial charge in [0.2, 0.25) is 0 Å². The lowest BCUT2D eigenvalue weighted by Crippen LogP contribution is -2.24. The topological polar surface area (TPSA) is 374 Å². The van der Waals surface area contributed by atoms with Crippen LogP contribution in [0, 0.1) is 0 Å². The monoisotopic (exact) mass is 947 g/mol. The van der Waals surface area contributed by atoms with Crippen LogP contribution in [0.2, 0.25) is 0 Å². The van der Waals surface area contributed by atoms with Gasteiger partial charge in [0.15, 0.2) is 30.5 Å². The van der Waals surface area contributed by atoms with Crippen LogP contribution >= 0.6 is 0 Å². The molecule has 5 atom stereocenters. The van der Waals surface area contributed by atoms with E-state index in [1.807, 2.05) is 0 Å². The van der Waals surface area contributed by atoms with E-state index >= 15 is 0 Å². The molecule has 0 aliphatic rings. The molecule has 368 valence electrons. The van der Waals surface area contributed by atoms with Crippen LogP contribution in [0.3, 0.4) is 0 Å². The number of nitrogens with two attached hydrogens (primary N) is 5. The molecular formula is C48H61N5O15. The minimum Gasteiger partial charge on any atom is -0.479 e. The fourth-order valence-corrected chi connectivity index (χ4v) is 5.57. The molecule has 0 fully saturated rings. The largest absolute Gasteiger partial charge is 0.479 e. The van der Waals surface area contributed by atoms with Crippen molar-refractivity contribution >= 4 is 58.3 Å². The Hall–Kier alpha value is -7.75. The van der Waals surface area contributed by atoms with Crippen LogP contribution < -0.4 is 28.7 Å². The Kier molecular flexibility index (Phi) is 26.7. The molecule has 0 heterocycles. The Morgan fingerprint density at radius 1 is 0.441 bits per heavy atom. The first-order chi connectivity index (χ1) is 32.2. The Balaban J connectivity index is 0.000000425. The van der Waals surface area contributed by atoms with Crippen molar-refractivity contribution in [1.82, 2.24) is 0 Å². The van der Waals surface area contributed by atoms with E-state index in [1.165, 1.54) is 14.2 Å². The van der Waals surface area contributed by atoms with Gasteiger partial charge in [0.05, 0.1) is 0 Å². The van der Waals surface area contributed by atoms with Gasteiger partial charge in [-0.2, -0.15) is 0 Å². The number of methoxy groups -OCH3 is 2. The second kappa shape index (κ2) is 31.2. The molecule has 5 rings (SSSR count).